The summed E-state index contributed by atoms with van der Waals surface area (Å²) in [6.45, 7) is 1.07. The number of nitriles is 1. The van der Waals surface area contributed by atoms with Crippen molar-refractivity contribution >= 4 is 16.9 Å². The van der Waals surface area contributed by atoms with E-state index in [2.05, 4.69) is 4.98 Å². The molecule has 0 spiro atoms. The molecule has 1 aromatic carbocycles. The van der Waals surface area contributed by atoms with Crippen LogP contribution in [-0.4, -0.2) is 23.7 Å². The van der Waals surface area contributed by atoms with Crippen molar-refractivity contribution in [1.29, 1.82) is 5.26 Å². The second kappa shape index (κ2) is 5.44. The number of benzene rings is 1. The Morgan fingerprint density at radius 2 is 2.12 bits per heavy atom. The lowest BCUT2D eigenvalue weighted by Gasteiger charge is -2.36. The molecule has 1 unspecified atom stereocenters. The number of nitrogens with zero attached hydrogens (tertiary/aromatic N) is 1. The minimum absolute atomic E-state index is 0.0862. The Balaban J connectivity index is 2.50. The number of aromatic nitrogens is 1. The van der Waals surface area contributed by atoms with E-state index < -0.39 is 34.6 Å². The number of carbonyl (C=O) groups is 1. The van der Waals surface area contributed by atoms with Gasteiger partial charge >= 0.3 is 12.1 Å². The summed E-state index contributed by atoms with van der Waals surface area (Å²) in [5.41, 5.74) is 0.903. The van der Waals surface area contributed by atoms with Crippen LogP contribution in [0.4, 0.5) is 13.2 Å². The van der Waals surface area contributed by atoms with Crippen molar-refractivity contribution in [2.75, 3.05) is 6.61 Å². The van der Waals surface area contributed by atoms with E-state index in [1.807, 2.05) is 0 Å². The van der Waals surface area contributed by atoms with Gasteiger partial charge in [-0.25, -0.2) is 0 Å². The molecule has 1 atom stereocenters. The zero-order valence-corrected chi connectivity index (χ0v) is 12.9. The maximum Gasteiger partial charge on any atom is 0.414 e. The molecule has 0 saturated carbocycles. The molecule has 2 heterocycles. The molecule has 3 N–H and O–H groups in total. The number of ether oxygens (including phenoxy) is 2. The van der Waals surface area contributed by atoms with Gasteiger partial charge in [0.1, 0.15) is 11.6 Å². The normalized spacial score (nSPS) is 20.0. The standard InChI is InChI=1S/C16H12F3N3O3/c1-2-24-14(23)15(16(17,18)19)9(7-20)12(21)25-13-11(15)8-5-3-4-6-10(8)22-13/h3-6,22H,2,21H2,1H3. The van der Waals surface area contributed by atoms with Crippen LogP contribution in [0, 0.1) is 11.3 Å². The summed E-state index contributed by atoms with van der Waals surface area (Å²) in [5, 5.41) is 9.41. The molecule has 25 heavy (non-hydrogen) atoms. The molecular formula is C16H12F3N3O3. The Labute approximate surface area is 139 Å². The molecule has 1 aliphatic rings. The largest absolute Gasteiger partial charge is 0.465 e. The molecular weight excluding hydrogens is 339 g/mol. The molecule has 1 aromatic heterocycles. The predicted molar refractivity (Wildman–Crippen MR) is 80.1 cm³/mol. The van der Waals surface area contributed by atoms with Crippen molar-refractivity contribution in [2.24, 2.45) is 5.73 Å². The van der Waals surface area contributed by atoms with E-state index >= 15 is 0 Å². The fourth-order valence-corrected chi connectivity index (χ4v) is 3.02. The zero-order valence-electron chi connectivity index (χ0n) is 12.9. The Morgan fingerprint density at radius 3 is 2.72 bits per heavy atom. The summed E-state index contributed by atoms with van der Waals surface area (Å²) in [6.07, 6.45) is -5.18. The number of hydrogen-bond acceptors (Lipinski definition) is 5. The molecule has 6 nitrogen and oxygen atoms in total. The number of fused-ring (bicyclic) bond motifs is 3. The Bertz CT molecular complexity index is 939. The van der Waals surface area contributed by atoms with Crippen molar-refractivity contribution in [3.63, 3.8) is 0 Å². The molecule has 0 radical (unpaired) electrons. The van der Waals surface area contributed by atoms with Crippen LogP contribution in [0.5, 0.6) is 5.88 Å². The third-order valence-electron chi connectivity index (χ3n) is 4.00. The first-order chi connectivity index (χ1) is 11.8. The molecule has 2 aromatic rings. The highest BCUT2D eigenvalue weighted by Gasteiger charge is 2.70. The lowest BCUT2D eigenvalue weighted by Crippen LogP contribution is -2.54. The van der Waals surface area contributed by atoms with Crippen LogP contribution in [0.25, 0.3) is 10.9 Å². The quantitative estimate of drug-likeness (QED) is 0.810. The molecule has 3 rings (SSSR count). The van der Waals surface area contributed by atoms with Gasteiger partial charge in [0.15, 0.2) is 0 Å². The van der Waals surface area contributed by atoms with E-state index in [-0.39, 0.29) is 17.9 Å². The number of halogens is 3. The molecule has 1 aliphatic heterocycles. The molecule has 0 saturated heterocycles. The van der Waals surface area contributed by atoms with Gasteiger partial charge in [0.2, 0.25) is 17.2 Å². The second-order valence-corrected chi connectivity index (χ2v) is 5.30. The lowest BCUT2D eigenvalue weighted by atomic mass is 9.72. The van der Waals surface area contributed by atoms with Crippen molar-refractivity contribution in [3.8, 4) is 11.9 Å². The van der Waals surface area contributed by atoms with Gasteiger partial charge in [-0.3, -0.25) is 4.79 Å². The van der Waals surface area contributed by atoms with Crippen molar-refractivity contribution in [1.82, 2.24) is 4.98 Å². The molecule has 0 bridgehead atoms. The summed E-state index contributed by atoms with van der Waals surface area (Å²) < 4.78 is 52.6. The van der Waals surface area contributed by atoms with Gasteiger partial charge in [0.05, 0.1) is 12.2 Å². The SMILES string of the molecule is CCOC(=O)C1(C(F)(F)F)C(C#N)=C(N)Oc2[nH]c3ccccc3c21. The van der Waals surface area contributed by atoms with Gasteiger partial charge in [0.25, 0.3) is 0 Å². The zero-order chi connectivity index (χ0) is 18.4. The monoisotopic (exact) mass is 351 g/mol. The number of nitrogens with two attached hydrogens (primary N) is 1. The van der Waals surface area contributed by atoms with E-state index in [1.54, 1.807) is 6.07 Å². The van der Waals surface area contributed by atoms with E-state index in [0.29, 0.717) is 5.52 Å². The number of alkyl halides is 3. The van der Waals surface area contributed by atoms with Crippen LogP contribution in [0.3, 0.4) is 0 Å². The first-order valence-electron chi connectivity index (χ1n) is 7.22. The number of H-pyrrole nitrogens is 1. The van der Waals surface area contributed by atoms with Crippen molar-refractivity contribution < 1.29 is 27.4 Å². The highest BCUT2D eigenvalue weighted by Crippen LogP contribution is 2.55. The molecule has 0 fully saturated rings. The molecule has 9 heteroatoms. The number of nitrogens with one attached hydrogen (secondary N) is 1. The van der Waals surface area contributed by atoms with E-state index in [0.717, 1.165) is 0 Å². The number of carbonyl (C=O) groups excluding carboxylic acids is 1. The van der Waals surface area contributed by atoms with E-state index in [1.165, 1.54) is 31.2 Å². The average molecular weight is 351 g/mol. The van der Waals surface area contributed by atoms with Crippen LogP contribution < -0.4 is 10.5 Å². The maximum absolute atomic E-state index is 14.3. The van der Waals surface area contributed by atoms with Gasteiger partial charge in [0, 0.05) is 10.9 Å². The average Bonchev–Trinajstić information content (AvgIpc) is 2.90. The lowest BCUT2D eigenvalue weighted by molar-refractivity contribution is -0.201. The number of esters is 1. The Kier molecular flexibility index (Phi) is 3.64. The van der Waals surface area contributed by atoms with Crippen LogP contribution in [0.2, 0.25) is 0 Å². The highest BCUT2D eigenvalue weighted by atomic mass is 19.4. The molecule has 130 valence electrons. The molecule has 0 amide bonds. The molecule has 0 aliphatic carbocycles. The Hall–Kier alpha value is -3.15. The number of para-hydroxylation sites is 1. The summed E-state index contributed by atoms with van der Waals surface area (Å²) in [7, 11) is 0. The van der Waals surface area contributed by atoms with E-state index in [4.69, 9.17) is 15.2 Å². The van der Waals surface area contributed by atoms with Gasteiger partial charge in [-0.2, -0.15) is 18.4 Å². The minimum Gasteiger partial charge on any atom is -0.465 e. The minimum atomic E-state index is -5.18. The number of rotatable bonds is 2. The van der Waals surface area contributed by atoms with Crippen LogP contribution in [0.15, 0.2) is 35.7 Å². The first-order valence-corrected chi connectivity index (χ1v) is 7.22. The third kappa shape index (κ3) is 2.07. The van der Waals surface area contributed by atoms with Crippen molar-refractivity contribution in [2.45, 2.75) is 18.5 Å². The summed E-state index contributed by atoms with van der Waals surface area (Å²) in [6, 6.07) is 7.41. The topological polar surface area (TPSA) is 101 Å². The van der Waals surface area contributed by atoms with Crippen molar-refractivity contribution in [3.05, 3.63) is 41.3 Å². The van der Waals surface area contributed by atoms with E-state index in [9.17, 15) is 23.2 Å². The van der Waals surface area contributed by atoms with Gasteiger partial charge in [-0.15, -0.1) is 0 Å². The van der Waals surface area contributed by atoms with Gasteiger partial charge in [-0.05, 0) is 13.0 Å². The maximum atomic E-state index is 14.3. The fraction of sp³-hybridized carbons (Fsp3) is 0.250. The summed E-state index contributed by atoms with van der Waals surface area (Å²) >= 11 is 0. The van der Waals surface area contributed by atoms with Gasteiger partial charge in [-0.1, -0.05) is 18.2 Å². The number of aromatic amines is 1. The smallest absolute Gasteiger partial charge is 0.414 e. The fourth-order valence-electron chi connectivity index (χ4n) is 3.02. The van der Waals surface area contributed by atoms with Crippen LogP contribution >= 0.6 is 0 Å². The predicted octanol–water partition coefficient (Wildman–Crippen LogP) is 2.62. The van der Waals surface area contributed by atoms with Crippen LogP contribution in [0.1, 0.15) is 12.5 Å². The van der Waals surface area contributed by atoms with Crippen LogP contribution in [-0.2, 0) is 14.9 Å². The number of hydrogen-bond donors (Lipinski definition) is 2. The summed E-state index contributed by atoms with van der Waals surface area (Å²) in [4.78, 5) is 15.2. The highest BCUT2D eigenvalue weighted by molar-refractivity contribution is 5.99. The second-order valence-electron chi connectivity index (χ2n) is 5.30. The first kappa shape index (κ1) is 16.7. The summed E-state index contributed by atoms with van der Waals surface area (Å²) in [5.74, 6) is -2.77. The Morgan fingerprint density at radius 1 is 1.44 bits per heavy atom. The third-order valence-corrected chi connectivity index (χ3v) is 4.00. The van der Waals surface area contributed by atoms with Gasteiger partial charge < -0.3 is 20.2 Å².